The van der Waals surface area contributed by atoms with Gasteiger partial charge in [-0.25, -0.2) is 13.4 Å². The summed E-state index contributed by atoms with van der Waals surface area (Å²) in [5.74, 6) is 3.95. The van der Waals surface area contributed by atoms with Gasteiger partial charge in [-0.2, -0.15) is 23.5 Å². The molecule has 1 aliphatic heterocycles. The molecule has 2 heterocycles. The minimum atomic E-state index is -3.22. The van der Waals surface area contributed by atoms with Gasteiger partial charge in [0, 0.05) is 41.5 Å². The summed E-state index contributed by atoms with van der Waals surface area (Å²) < 4.78 is 23.2. The van der Waals surface area contributed by atoms with E-state index in [1.54, 1.807) is 18.3 Å². The quantitative estimate of drug-likeness (QED) is 0.914. The fraction of sp³-hybridized carbons (Fsp3) is 0.545. The zero-order valence-corrected chi connectivity index (χ0v) is 12.6. The Bertz CT molecular complexity index is 499. The van der Waals surface area contributed by atoms with Crippen LogP contribution in [-0.4, -0.2) is 48.7 Å². The molecule has 1 aromatic rings. The van der Waals surface area contributed by atoms with Crippen molar-refractivity contribution in [3.63, 3.8) is 0 Å². The lowest BCUT2D eigenvalue weighted by Crippen LogP contribution is -2.24. The Kier molecular flexibility index (Phi) is 4.80. The third-order valence-electron chi connectivity index (χ3n) is 2.55. The number of anilines is 1. The summed E-state index contributed by atoms with van der Waals surface area (Å²) in [4.78, 5) is 4.40. The summed E-state index contributed by atoms with van der Waals surface area (Å²) >= 11 is 3.88. The van der Waals surface area contributed by atoms with E-state index in [0.29, 0.717) is 11.1 Å². The predicted molar refractivity (Wildman–Crippen MR) is 79.4 cm³/mol. The molecule has 0 radical (unpaired) electrons. The van der Waals surface area contributed by atoms with Crippen LogP contribution in [0.4, 0.5) is 5.82 Å². The van der Waals surface area contributed by atoms with E-state index in [1.165, 1.54) is 12.0 Å². The molecule has 1 fully saturated rings. The van der Waals surface area contributed by atoms with Crippen molar-refractivity contribution in [3.8, 4) is 0 Å². The van der Waals surface area contributed by atoms with Gasteiger partial charge < -0.3 is 5.32 Å². The molecule has 1 N–H and O–H groups in total. The first-order chi connectivity index (χ1) is 8.57. The van der Waals surface area contributed by atoms with E-state index in [-0.39, 0.29) is 4.90 Å². The molecule has 1 aliphatic rings. The SMILES string of the molecule is CS(=O)(=O)c1cccnc1NCC1CSCCS1. The Labute approximate surface area is 116 Å². The van der Waals surface area contributed by atoms with Crippen LogP contribution in [0.5, 0.6) is 0 Å². The van der Waals surface area contributed by atoms with Gasteiger partial charge in [0.1, 0.15) is 10.7 Å². The molecule has 0 saturated carbocycles. The fourth-order valence-corrected chi connectivity index (χ4v) is 5.10. The van der Waals surface area contributed by atoms with Crippen molar-refractivity contribution in [1.82, 2.24) is 4.98 Å². The number of pyridine rings is 1. The van der Waals surface area contributed by atoms with E-state index >= 15 is 0 Å². The van der Waals surface area contributed by atoms with Crippen molar-refractivity contribution < 1.29 is 8.42 Å². The Hall–Kier alpha value is -0.400. The van der Waals surface area contributed by atoms with Gasteiger partial charge in [-0.05, 0) is 12.1 Å². The highest BCUT2D eigenvalue weighted by Crippen LogP contribution is 2.25. The van der Waals surface area contributed by atoms with Gasteiger partial charge in [0.2, 0.25) is 0 Å². The highest BCUT2D eigenvalue weighted by Gasteiger charge is 2.17. The average Bonchev–Trinajstić information content (AvgIpc) is 2.37. The van der Waals surface area contributed by atoms with Crippen LogP contribution in [0.3, 0.4) is 0 Å². The lowest BCUT2D eigenvalue weighted by atomic mass is 10.4. The Morgan fingerprint density at radius 2 is 2.33 bits per heavy atom. The fourth-order valence-electron chi connectivity index (χ4n) is 1.69. The maximum absolute atomic E-state index is 11.6. The first kappa shape index (κ1) is 14.0. The van der Waals surface area contributed by atoms with E-state index in [1.807, 2.05) is 23.5 Å². The van der Waals surface area contributed by atoms with Crippen LogP contribution in [0.1, 0.15) is 0 Å². The molecular weight excluding hydrogens is 288 g/mol. The van der Waals surface area contributed by atoms with Gasteiger partial charge >= 0.3 is 0 Å². The number of hydrogen-bond donors (Lipinski definition) is 1. The van der Waals surface area contributed by atoms with Crippen LogP contribution < -0.4 is 5.32 Å². The number of nitrogens with zero attached hydrogens (tertiary/aromatic N) is 1. The highest BCUT2D eigenvalue weighted by atomic mass is 32.2. The standard InChI is InChI=1S/C11H16N2O2S3/c1-18(14,15)10-3-2-4-12-11(10)13-7-9-8-16-5-6-17-9/h2-4,9H,5-8H2,1H3,(H,12,13). The maximum atomic E-state index is 11.6. The molecule has 0 aliphatic carbocycles. The van der Waals surface area contributed by atoms with E-state index in [9.17, 15) is 8.42 Å². The molecule has 0 amide bonds. The normalized spacial score (nSPS) is 20.6. The van der Waals surface area contributed by atoms with Gasteiger partial charge in [0.05, 0.1) is 0 Å². The van der Waals surface area contributed by atoms with E-state index in [4.69, 9.17) is 0 Å². The van der Waals surface area contributed by atoms with Crippen LogP contribution >= 0.6 is 23.5 Å². The van der Waals surface area contributed by atoms with Gasteiger partial charge in [-0.3, -0.25) is 0 Å². The number of aromatic nitrogens is 1. The third kappa shape index (κ3) is 3.80. The summed E-state index contributed by atoms with van der Waals surface area (Å²) in [6.07, 6.45) is 2.82. The average molecular weight is 304 g/mol. The molecule has 100 valence electrons. The van der Waals surface area contributed by atoms with Crippen molar-refractivity contribution in [2.24, 2.45) is 0 Å². The monoisotopic (exact) mass is 304 g/mol. The molecule has 1 unspecified atom stereocenters. The van der Waals surface area contributed by atoms with Gasteiger partial charge in [-0.15, -0.1) is 0 Å². The highest BCUT2D eigenvalue weighted by molar-refractivity contribution is 8.06. The van der Waals surface area contributed by atoms with Crippen LogP contribution in [0.15, 0.2) is 23.2 Å². The largest absolute Gasteiger partial charge is 0.368 e. The van der Waals surface area contributed by atoms with Crippen molar-refractivity contribution in [3.05, 3.63) is 18.3 Å². The zero-order chi connectivity index (χ0) is 13.0. The van der Waals surface area contributed by atoms with Crippen LogP contribution in [0.25, 0.3) is 0 Å². The van der Waals surface area contributed by atoms with Gasteiger partial charge in [0.15, 0.2) is 9.84 Å². The Balaban J connectivity index is 2.05. The summed E-state index contributed by atoms with van der Waals surface area (Å²) in [7, 11) is -3.22. The number of thioether (sulfide) groups is 2. The van der Waals surface area contributed by atoms with Crippen molar-refractivity contribution in [1.29, 1.82) is 0 Å². The number of rotatable bonds is 4. The first-order valence-electron chi connectivity index (χ1n) is 5.65. The van der Waals surface area contributed by atoms with Crippen molar-refractivity contribution >= 4 is 39.2 Å². The minimum absolute atomic E-state index is 0.276. The van der Waals surface area contributed by atoms with Gasteiger partial charge in [-0.1, -0.05) is 0 Å². The Morgan fingerprint density at radius 3 is 3.00 bits per heavy atom. The van der Waals surface area contributed by atoms with Crippen LogP contribution in [0.2, 0.25) is 0 Å². The second kappa shape index (κ2) is 6.16. The minimum Gasteiger partial charge on any atom is -0.368 e. The van der Waals surface area contributed by atoms with Crippen molar-refractivity contribution in [2.75, 3.05) is 35.4 Å². The lowest BCUT2D eigenvalue weighted by molar-refractivity contribution is 0.601. The topological polar surface area (TPSA) is 59.1 Å². The second-order valence-electron chi connectivity index (χ2n) is 4.07. The van der Waals surface area contributed by atoms with E-state index in [2.05, 4.69) is 10.3 Å². The second-order valence-corrected chi connectivity index (χ2v) is 8.61. The van der Waals surface area contributed by atoms with E-state index in [0.717, 1.165) is 18.1 Å². The molecule has 0 spiro atoms. The number of hydrogen-bond acceptors (Lipinski definition) is 6. The molecular formula is C11H16N2O2S3. The molecule has 1 saturated heterocycles. The molecule has 18 heavy (non-hydrogen) atoms. The maximum Gasteiger partial charge on any atom is 0.179 e. The summed E-state index contributed by atoms with van der Waals surface area (Å²) in [5.41, 5.74) is 0. The molecule has 1 atom stereocenters. The predicted octanol–water partition coefficient (Wildman–Crippen LogP) is 1.75. The molecule has 2 rings (SSSR count). The van der Waals surface area contributed by atoms with Crippen molar-refractivity contribution in [2.45, 2.75) is 10.1 Å². The Morgan fingerprint density at radius 1 is 1.50 bits per heavy atom. The number of sulfone groups is 1. The van der Waals surface area contributed by atoms with Crippen LogP contribution in [0, 0.1) is 0 Å². The molecule has 4 nitrogen and oxygen atoms in total. The smallest absolute Gasteiger partial charge is 0.179 e. The zero-order valence-electron chi connectivity index (χ0n) is 10.1. The summed E-state index contributed by atoms with van der Waals surface area (Å²) in [5, 5.41) is 3.69. The lowest BCUT2D eigenvalue weighted by Gasteiger charge is -2.21. The third-order valence-corrected chi connectivity index (χ3v) is 6.53. The molecule has 1 aromatic heterocycles. The summed E-state index contributed by atoms with van der Waals surface area (Å²) in [6, 6.07) is 3.24. The molecule has 0 bridgehead atoms. The molecule has 7 heteroatoms. The first-order valence-corrected chi connectivity index (χ1v) is 9.75. The summed E-state index contributed by atoms with van der Waals surface area (Å²) in [6.45, 7) is 0.761. The number of nitrogens with one attached hydrogen (secondary N) is 1. The van der Waals surface area contributed by atoms with E-state index < -0.39 is 9.84 Å². The van der Waals surface area contributed by atoms with Crippen LogP contribution in [-0.2, 0) is 9.84 Å². The van der Waals surface area contributed by atoms with Gasteiger partial charge in [0.25, 0.3) is 0 Å². The molecule has 0 aromatic carbocycles.